The highest BCUT2D eigenvalue weighted by molar-refractivity contribution is 7.26. The minimum atomic E-state index is 1.14. The van der Waals surface area contributed by atoms with Crippen molar-refractivity contribution >= 4 is 96.7 Å². The zero-order valence-corrected chi connectivity index (χ0v) is 27.3. The molecule has 0 amide bonds. The number of hydrogen-bond donors (Lipinski definition) is 0. The number of nitrogens with zero attached hydrogens (tertiary/aromatic N) is 2. The number of hydrogen-bond acceptors (Lipinski definition) is 1. The molecule has 0 saturated carbocycles. The predicted octanol–water partition coefficient (Wildman–Crippen LogP) is 13.1. The smallest absolute Gasteiger partial charge is 0.0640 e. The van der Waals surface area contributed by atoms with Gasteiger partial charge in [-0.3, -0.25) is 0 Å². The number of rotatable bonds is 2. The second-order valence-corrected chi connectivity index (χ2v) is 13.9. The van der Waals surface area contributed by atoms with Crippen molar-refractivity contribution in [2.75, 3.05) is 0 Å². The molecule has 2 nitrogen and oxygen atoms in total. The van der Waals surface area contributed by atoms with Gasteiger partial charge in [-0.05, 0) is 70.1 Å². The van der Waals surface area contributed by atoms with Crippen molar-refractivity contribution in [1.29, 1.82) is 0 Å². The van der Waals surface area contributed by atoms with Crippen LogP contribution in [0.3, 0.4) is 0 Å². The molecule has 0 fully saturated rings. The third-order valence-corrected chi connectivity index (χ3v) is 11.5. The molecular weight excluding hydrogens is 613 g/mol. The first-order valence-electron chi connectivity index (χ1n) is 16.8. The van der Waals surface area contributed by atoms with Gasteiger partial charge < -0.3 is 9.13 Å². The molecule has 2 heterocycles. The van der Waals surface area contributed by atoms with Gasteiger partial charge in [-0.15, -0.1) is 11.3 Å². The normalized spacial score (nSPS) is 12.1. The molecule has 0 unspecified atom stereocenters. The summed E-state index contributed by atoms with van der Waals surface area (Å²) in [5.74, 6) is 0. The third kappa shape index (κ3) is 3.76. The summed E-state index contributed by atoms with van der Waals surface area (Å²) >= 11 is 1.89. The van der Waals surface area contributed by atoms with Crippen molar-refractivity contribution in [3.63, 3.8) is 0 Å². The van der Waals surface area contributed by atoms with Crippen molar-refractivity contribution in [1.82, 2.24) is 9.13 Å². The molecule has 8 bridgehead atoms. The Bertz CT molecular complexity index is 3160. The van der Waals surface area contributed by atoms with E-state index in [1.807, 2.05) is 11.3 Å². The molecule has 11 rings (SSSR count). The minimum absolute atomic E-state index is 1.14. The van der Waals surface area contributed by atoms with E-state index in [4.69, 9.17) is 0 Å². The maximum atomic E-state index is 2.55. The van der Waals surface area contributed by atoms with Crippen LogP contribution in [0.15, 0.2) is 170 Å². The van der Waals surface area contributed by atoms with Gasteiger partial charge in [0.25, 0.3) is 0 Å². The Balaban J connectivity index is 1.51. The molecule has 0 radical (unpaired) electrons. The summed E-state index contributed by atoms with van der Waals surface area (Å²) < 4.78 is 7.63. The number of thiophene rings is 1. The highest BCUT2D eigenvalue weighted by Gasteiger charge is 2.18. The molecule has 9 aromatic carbocycles. The molecule has 0 saturated heterocycles. The topological polar surface area (TPSA) is 9.86 Å². The summed E-state index contributed by atoms with van der Waals surface area (Å²) in [7, 11) is 0. The van der Waals surface area contributed by atoms with Crippen LogP contribution in [0.4, 0.5) is 0 Å². The quantitative estimate of drug-likeness (QED) is 0.166. The first-order valence-corrected chi connectivity index (χ1v) is 17.6. The lowest BCUT2D eigenvalue weighted by Crippen LogP contribution is -2.03. The van der Waals surface area contributed by atoms with Gasteiger partial charge >= 0.3 is 0 Å². The highest BCUT2D eigenvalue weighted by Crippen LogP contribution is 2.42. The van der Waals surface area contributed by atoms with Crippen LogP contribution >= 0.6 is 11.3 Å². The lowest BCUT2D eigenvalue weighted by atomic mass is 9.97. The van der Waals surface area contributed by atoms with E-state index in [-0.39, 0.29) is 0 Å². The fraction of sp³-hybridized carbons (Fsp3) is 0. The van der Waals surface area contributed by atoms with Gasteiger partial charge in [-0.1, -0.05) is 121 Å². The van der Waals surface area contributed by atoms with Crippen LogP contribution in [-0.4, -0.2) is 9.13 Å². The first-order chi connectivity index (χ1) is 24.3. The summed E-state index contributed by atoms with van der Waals surface area (Å²) in [6.07, 6.45) is 0. The monoisotopic (exact) mass is 640 g/mol. The predicted molar refractivity (Wildman–Crippen MR) is 212 cm³/mol. The van der Waals surface area contributed by atoms with Crippen molar-refractivity contribution in [2.45, 2.75) is 0 Å². The van der Waals surface area contributed by atoms with Crippen LogP contribution in [0, 0.1) is 0 Å². The fourth-order valence-electron chi connectivity index (χ4n) is 8.23. The van der Waals surface area contributed by atoms with Gasteiger partial charge in [0.2, 0.25) is 0 Å². The Morgan fingerprint density at radius 3 is 1.45 bits per heavy atom. The van der Waals surface area contributed by atoms with E-state index in [9.17, 15) is 0 Å². The van der Waals surface area contributed by atoms with Crippen molar-refractivity contribution in [3.05, 3.63) is 170 Å². The van der Waals surface area contributed by atoms with E-state index < -0.39 is 0 Å². The summed E-state index contributed by atoms with van der Waals surface area (Å²) in [6.45, 7) is 0. The van der Waals surface area contributed by atoms with Crippen LogP contribution in [-0.2, 0) is 0 Å². The van der Waals surface area contributed by atoms with E-state index in [1.165, 1.54) is 91.0 Å². The number of aromatic nitrogens is 2. The summed E-state index contributed by atoms with van der Waals surface area (Å²) in [5.41, 5.74) is 7.03. The van der Waals surface area contributed by atoms with E-state index in [0.717, 1.165) is 5.69 Å². The highest BCUT2D eigenvalue weighted by atomic mass is 32.1. The van der Waals surface area contributed by atoms with E-state index in [0.29, 0.717) is 0 Å². The van der Waals surface area contributed by atoms with Crippen LogP contribution in [0.2, 0.25) is 0 Å². The SMILES string of the molecule is c1ccc(-n2c3cccc4c5ccccc5c(cc43)n(-c3cccc4c3sc3ccccc34)c3cccc4c5ccccc5c2cc43)cc1. The molecule has 228 valence electrons. The average molecular weight is 641 g/mol. The molecule has 0 atom stereocenters. The Morgan fingerprint density at radius 2 is 0.776 bits per heavy atom. The molecule has 2 aromatic heterocycles. The Morgan fingerprint density at radius 1 is 0.306 bits per heavy atom. The molecule has 49 heavy (non-hydrogen) atoms. The lowest BCUT2D eigenvalue weighted by molar-refractivity contribution is 1.17. The summed E-state index contributed by atoms with van der Waals surface area (Å²) in [5, 5.41) is 12.5. The van der Waals surface area contributed by atoms with E-state index in [1.54, 1.807) is 0 Å². The Labute approximate surface area is 285 Å². The molecule has 11 aromatic rings. The van der Waals surface area contributed by atoms with Gasteiger partial charge in [0, 0.05) is 42.7 Å². The molecule has 0 aliphatic carbocycles. The van der Waals surface area contributed by atoms with Gasteiger partial charge in [0.05, 0.1) is 32.5 Å². The van der Waals surface area contributed by atoms with Gasteiger partial charge in [-0.2, -0.15) is 0 Å². The molecule has 0 aliphatic rings. The number of benzene rings is 9. The van der Waals surface area contributed by atoms with E-state index in [2.05, 4.69) is 179 Å². The minimum Gasteiger partial charge on any atom is -0.309 e. The number of para-hydroxylation sites is 1. The van der Waals surface area contributed by atoms with Crippen molar-refractivity contribution < 1.29 is 0 Å². The molecule has 0 aliphatic heterocycles. The molecule has 0 spiro atoms. The van der Waals surface area contributed by atoms with Crippen LogP contribution in [0.1, 0.15) is 0 Å². The standard InChI is InChI=1S/C46H28N2S/c1-2-13-29(14-3-1)47-40-23-10-20-32-31-16-5-7-18-35(31)44(28-38(32)40)48(42-25-12-22-37-36-19-8-9-26-45(36)49-46(37)42)41-24-11-21-33-30-15-4-6-17-34(30)43(47)27-39(33)41/h1-28H. The first kappa shape index (κ1) is 26.9. The second kappa shape index (κ2) is 10.2. The zero-order valence-electron chi connectivity index (χ0n) is 26.5. The number of fused-ring (bicyclic) bond motifs is 3. The fourth-order valence-corrected chi connectivity index (χ4v) is 9.44. The van der Waals surface area contributed by atoms with Crippen molar-refractivity contribution in [2.24, 2.45) is 0 Å². The summed E-state index contributed by atoms with van der Waals surface area (Å²) in [4.78, 5) is 0. The zero-order chi connectivity index (χ0) is 32.1. The Hall–Kier alpha value is -6.16. The van der Waals surface area contributed by atoms with Crippen molar-refractivity contribution in [3.8, 4) is 11.4 Å². The maximum Gasteiger partial charge on any atom is 0.0640 e. The maximum absolute atomic E-state index is 2.55. The second-order valence-electron chi connectivity index (χ2n) is 12.9. The molecule has 0 N–H and O–H groups in total. The molecule has 3 heteroatoms. The average Bonchev–Trinajstić information content (AvgIpc) is 3.55. The van der Waals surface area contributed by atoms with Gasteiger partial charge in [0.15, 0.2) is 0 Å². The summed E-state index contributed by atoms with van der Waals surface area (Å²) in [6, 6.07) is 62.8. The van der Waals surface area contributed by atoms with Crippen LogP contribution in [0.5, 0.6) is 0 Å². The third-order valence-electron chi connectivity index (χ3n) is 10.3. The molecular formula is C46H28N2S. The van der Waals surface area contributed by atoms with E-state index >= 15 is 0 Å². The Kier molecular flexibility index (Phi) is 5.57. The van der Waals surface area contributed by atoms with Gasteiger partial charge in [0.1, 0.15) is 0 Å². The largest absolute Gasteiger partial charge is 0.309 e. The van der Waals surface area contributed by atoms with Crippen LogP contribution in [0.25, 0.3) is 96.7 Å². The van der Waals surface area contributed by atoms with Crippen LogP contribution < -0.4 is 0 Å². The van der Waals surface area contributed by atoms with Gasteiger partial charge in [-0.25, -0.2) is 0 Å². The lowest BCUT2D eigenvalue weighted by Gasteiger charge is -2.21.